The molecule has 1 N–H and O–H groups in total. The lowest BCUT2D eigenvalue weighted by molar-refractivity contribution is 0.155. The summed E-state index contributed by atoms with van der Waals surface area (Å²) in [5, 5.41) is 9.99. The van der Waals surface area contributed by atoms with Gasteiger partial charge in [-0.1, -0.05) is 12.1 Å². The Morgan fingerprint density at radius 1 is 1.14 bits per heavy atom. The molecular weight excluding hydrogens is 274 g/mol. The molecule has 1 unspecified atom stereocenters. The fraction of sp³-hybridized carbons (Fsp3) is 0.294. The normalized spacial score (nSPS) is 17.4. The van der Waals surface area contributed by atoms with E-state index in [2.05, 4.69) is 0 Å². The third-order valence-electron chi connectivity index (χ3n) is 3.75. The molecule has 0 amide bonds. The van der Waals surface area contributed by atoms with Crippen molar-refractivity contribution in [3.63, 3.8) is 0 Å². The molecule has 110 valence electrons. The van der Waals surface area contributed by atoms with Gasteiger partial charge in [0.2, 0.25) is 0 Å². The zero-order valence-corrected chi connectivity index (χ0v) is 11.5. The molecular formula is C17H16F2O2. The topological polar surface area (TPSA) is 29.5 Å². The first kappa shape index (κ1) is 14.0. The van der Waals surface area contributed by atoms with Crippen LogP contribution in [0.5, 0.6) is 5.75 Å². The van der Waals surface area contributed by atoms with Crippen molar-refractivity contribution < 1.29 is 18.6 Å². The Hall–Kier alpha value is -1.94. The van der Waals surface area contributed by atoms with Crippen molar-refractivity contribution in [2.24, 2.45) is 0 Å². The Morgan fingerprint density at radius 3 is 2.67 bits per heavy atom. The molecule has 0 bridgehead atoms. The molecule has 2 aromatic carbocycles. The van der Waals surface area contributed by atoms with Crippen LogP contribution >= 0.6 is 0 Å². The molecule has 1 aliphatic rings. The Labute approximate surface area is 122 Å². The van der Waals surface area contributed by atoms with Crippen LogP contribution in [0.1, 0.15) is 35.6 Å². The van der Waals surface area contributed by atoms with Gasteiger partial charge in [-0.3, -0.25) is 0 Å². The molecule has 0 aliphatic heterocycles. The van der Waals surface area contributed by atoms with Gasteiger partial charge in [0.1, 0.15) is 24.0 Å². The van der Waals surface area contributed by atoms with Gasteiger partial charge in [0.05, 0.1) is 6.10 Å². The highest BCUT2D eigenvalue weighted by Crippen LogP contribution is 2.35. The summed E-state index contributed by atoms with van der Waals surface area (Å²) in [4.78, 5) is 0. The molecule has 0 heterocycles. The lowest BCUT2D eigenvalue weighted by Gasteiger charge is -2.23. The van der Waals surface area contributed by atoms with Crippen LogP contribution in [0, 0.1) is 11.6 Å². The Kier molecular flexibility index (Phi) is 3.88. The molecule has 1 aliphatic carbocycles. The van der Waals surface area contributed by atoms with Crippen molar-refractivity contribution in [3.8, 4) is 5.75 Å². The Balaban J connectivity index is 1.81. The number of benzene rings is 2. The number of hydrogen-bond donors (Lipinski definition) is 1. The van der Waals surface area contributed by atoms with Crippen LogP contribution in [0.2, 0.25) is 0 Å². The summed E-state index contributed by atoms with van der Waals surface area (Å²) in [6.07, 6.45) is 2.05. The molecule has 2 aromatic rings. The van der Waals surface area contributed by atoms with Crippen molar-refractivity contribution >= 4 is 0 Å². The highest BCUT2D eigenvalue weighted by atomic mass is 19.1. The number of fused-ring (bicyclic) bond motifs is 1. The van der Waals surface area contributed by atoms with E-state index in [1.807, 2.05) is 18.2 Å². The molecule has 3 rings (SSSR count). The maximum Gasteiger partial charge on any atom is 0.126 e. The fourth-order valence-corrected chi connectivity index (χ4v) is 2.78. The number of aliphatic hydroxyl groups excluding tert-OH is 1. The van der Waals surface area contributed by atoms with Crippen molar-refractivity contribution in [1.29, 1.82) is 0 Å². The number of halogens is 2. The van der Waals surface area contributed by atoms with E-state index in [9.17, 15) is 13.9 Å². The molecule has 1 atom stereocenters. The summed E-state index contributed by atoms with van der Waals surface area (Å²) in [6.45, 7) is 0.0984. The standard InChI is InChI=1S/C17H16F2O2/c18-12-7-11(8-13(19)9-12)10-21-17-6-2-3-14-15(17)4-1-5-16(14)20/h2-3,6-9,16,20H,1,4-5,10H2. The monoisotopic (exact) mass is 290 g/mol. The predicted octanol–water partition coefficient (Wildman–Crippen LogP) is 3.91. The highest BCUT2D eigenvalue weighted by molar-refractivity contribution is 5.43. The average Bonchev–Trinajstić information content (AvgIpc) is 2.45. The van der Waals surface area contributed by atoms with Crippen molar-refractivity contribution in [2.45, 2.75) is 32.0 Å². The van der Waals surface area contributed by atoms with Gasteiger partial charge < -0.3 is 9.84 Å². The van der Waals surface area contributed by atoms with Crippen LogP contribution < -0.4 is 4.74 Å². The van der Waals surface area contributed by atoms with Crippen LogP contribution in [0.3, 0.4) is 0 Å². The van der Waals surface area contributed by atoms with E-state index >= 15 is 0 Å². The van der Waals surface area contributed by atoms with E-state index in [4.69, 9.17) is 4.74 Å². The van der Waals surface area contributed by atoms with Gasteiger partial charge in [-0.15, -0.1) is 0 Å². The SMILES string of the molecule is OC1CCCc2c(OCc3cc(F)cc(F)c3)cccc21. The molecule has 0 aromatic heterocycles. The molecule has 2 nitrogen and oxygen atoms in total. The summed E-state index contributed by atoms with van der Waals surface area (Å²) < 4.78 is 32.0. The van der Waals surface area contributed by atoms with Crippen molar-refractivity contribution in [1.82, 2.24) is 0 Å². The van der Waals surface area contributed by atoms with Crippen LogP contribution in [0.15, 0.2) is 36.4 Å². The smallest absolute Gasteiger partial charge is 0.126 e. The second-order valence-corrected chi connectivity index (χ2v) is 5.30. The van der Waals surface area contributed by atoms with Crippen LogP contribution in [-0.4, -0.2) is 5.11 Å². The largest absolute Gasteiger partial charge is 0.489 e. The maximum absolute atomic E-state index is 13.1. The third kappa shape index (κ3) is 3.05. The maximum atomic E-state index is 13.1. The average molecular weight is 290 g/mol. The predicted molar refractivity (Wildman–Crippen MR) is 75.0 cm³/mol. The van der Waals surface area contributed by atoms with Gasteiger partial charge in [-0.2, -0.15) is 0 Å². The molecule has 21 heavy (non-hydrogen) atoms. The summed E-state index contributed by atoms with van der Waals surface area (Å²) >= 11 is 0. The quantitative estimate of drug-likeness (QED) is 0.928. The third-order valence-corrected chi connectivity index (χ3v) is 3.75. The Morgan fingerprint density at radius 2 is 1.90 bits per heavy atom. The minimum atomic E-state index is -0.612. The molecule has 0 radical (unpaired) electrons. The van der Waals surface area contributed by atoms with Gasteiger partial charge >= 0.3 is 0 Å². The molecule has 0 fully saturated rings. The van der Waals surface area contributed by atoms with Crippen LogP contribution in [0.25, 0.3) is 0 Å². The lowest BCUT2D eigenvalue weighted by Crippen LogP contribution is -2.11. The van der Waals surface area contributed by atoms with Gasteiger partial charge in [-0.05, 0) is 54.2 Å². The van der Waals surface area contributed by atoms with Crippen LogP contribution in [0.4, 0.5) is 8.78 Å². The van der Waals surface area contributed by atoms with Gasteiger partial charge in [0.25, 0.3) is 0 Å². The van der Waals surface area contributed by atoms with E-state index in [1.54, 1.807) is 0 Å². The van der Waals surface area contributed by atoms with E-state index in [0.717, 1.165) is 36.5 Å². The minimum Gasteiger partial charge on any atom is -0.489 e. The first-order valence-corrected chi connectivity index (χ1v) is 7.01. The number of rotatable bonds is 3. The lowest BCUT2D eigenvalue weighted by atomic mass is 9.89. The number of hydrogen-bond acceptors (Lipinski definition) is 2. The zero-order valence-electron chi connectivity index (χ0n) is 11.5. The molecule has 0 saturated carbocycles. The minimum absolute atomic E-state index is 0.0984. The van der Waals surface area contributed by atoms with E-state index < -0.39 is 17.7 Å². The first-order valence-electron chi connectivity index (χ1n) is 7.01. The van der Waals surface area contributed by atoms with Crippen LogP contribution in [-0.2, 0) is 13.0 Å². The number of aliphatic hydroxyl groups is 1. The number of ether oxygens (including phenoxy) is 1. The van der Waals surface area contributed by atoms with Gasteiger partial charge in [-0.25, -0.2) is 8.78 Å². The zero-order chi connectivity index (χ0) is 14.8. The summed E-state index contributed by atoms with van der Waals surface area (Å²) in [7, 11) is 0. The second kappa shape index (κ2) is 5.82. The summed E-state index contributed by atoms with van der Waals surface area (Å²) in [6, 6.07) is 8.90. The van der Waals surface area contributed by atoms with Crippen molar-refractivity contribution in [3.05, 3.63) is 64.7 Å². The molecule has 4 heteroatoms. The highest BCUT2D eigenvalue weighted by Gasteiger charge is 2.20. The van der Waals surface area contributed by atoms with E-state index in [0.29, 0.717) is 11.3 Å². The van der Waals surface area contributed by atoms with E-state index in [1.165, 1.54) is 12.1 Å². The fourth-order valence-electron chi connectivity index (χ4n) is 2.78. The molecule has 0 spiro atoms. The second-order valence-electron chi connectivity index (χ2n) is 5.30. The van der Waals surface area contributed by atoms with Crippen molar-refractivity contribution in [2.75, 3.05) is 0 Å². The summed E-state index contributed by atoms with van der Waals surface area (Å²) in [5.74, 6) is -0.547. The first-order chi connectivity index (χ1) is 10.1. The van der Waals surface area contributed by atoms with E-state index in [-0.39, 0.29) is 6.61 Å². The Bertz CT molecular complexity index is 635. The summed E-state index contributed by atoms with van der Waals surface area (Å²) in [5.41, 5.74) is 2.33. The molecule has 0 saturated heterocycles. The van der Waals surface area contributed by atoms with Gasteiger partial charge in [0, 0.05) is 6.07 Å². The van der Waals surface area contributed by atoms with Gasteiger partial charge in [0.15, 0.2) is 0 Å².